The highest BCUT2D eigenvalue weighted by molar-refractivity contribution is 7.91. The average molecular weight is 404 g/mol. The number of rotatable bonds is 4. The first kappa shape index (κ1) is 19.0. The predicted octanol–water partition coefficient (Wildman–Crippen LogP) is 5.36. The molecule has 0 heterocycles. The van der Waals surface area contributed by atoms with Gasteiger partial charge in [0.2, 0.25) is 9.84 Å². The molecular weight excluding hydrogens is 384 g/mol. The van der Waals surface area contributed by atoms with Crippen LogP contribution >= 0.6 is 0 Å². The Bertz CT molecular complexity index is 1290. The van der Waals surface area contributed by atoms with E-state index < -0.39 is 9.84 Å². The van der Waals surface area contributed by atoms with Crippen molar-refractivity contribution in [2.24, 2.45) is 0 Å². The van der Waals surface area contributed by atoms with Gasteiger partial charge in [0.05, 0.1) is 16.9 Å². The van der Waals surface area contributed by atoms with Crippen molar-refractivity contribution in [2.75, 3.05) is 7.11 Å². The summed E-state index contributed by atoms with van der Waals surface area (Å²) in [7, 11) is -2.32. The van der Waals surface area contributed by atoms with Crippen LogP contribution in [0.15, 0.2) is 88.7 Å². The smallest absolute Gasteiger partial charge is 0.207 e. The molecule has 0 fully saturated rings. The lowest BCUT2D eigenvalue weighted by atomic mass is 9.97. The van der Waals surface area contributed by atoms with Crippen molar-refractivity contribution in [2.45, 2.75) is 16.7 Å². The van der Waals surface area contributed by atoms with Gasteiger partial charge >= 0.3 is 0 Å². The van der Waals surface area contributed by atoms with Crippen LogP contribution in [0.25, 0.3) is 21.9 Å². The molecule has 0 aliphatic carbocycles. The highest BCUT2D eigenvalue weighted by Crippen LogP contribution is 2.42. The van der Waals surface area contributed by atoms with Crippen LogP contribution in [0.1, 0.15) is 5.56 Å². The van der Waals surface area contributed by atoms with Crippen LogP contribution in [0, 0.1) is 6.92 Å². The van der Waals surface area contributed by atoms with Crippen molar-refractivity contribution in [3.8, 4) is 22.6 Å². The van der Waals surface area contributed by atoms with E-state index in [1.807, 2.05) is 37.3 Å². The zero-order chi connectivity index (χ0) is 20.6. The normalized spacial score (nSPS) is 11.5. The SMILES string of the molecule is COc1ccc2c(O)cc(S(=O)(=O)c3ccc(C)cc3)c(-c3ccccc3)c2c1. The number of ether oxygens (including phenoxy) is 1. The maximum absolute atomic E-state index is 13.5. The van der Waals surface area contributed by atoms with E-state index in [1.165, 1.54) is 6.07 Å². The number of phenols is 1. The van der Waals surface area contributed by atoms with Crippen molar-refractivity contribution < 1.29 is 18.3 Å². The van der Waals surface area contributed by atoms with E-state index in [2.05, 4.69) is 0 Å². The first-order chi connectivity index (χ1) is 13.9. The third-order valence-electron chi connectivity index (χ3n) is 4.97. The minimum absolute atomic E-state index is 0.0609. The van der Waals surface area contributed by atoms with E-state index in [4.69, 9.17) is 4.74 Å². The van der Waals surface area contributed by atoms with Crippen LogP contribution in [-0.2, 0) is 9.84 Å². The standard InChI is InChI=1S/C24H20O4S/c1-16-8-11-19(12-9-16)29(26,27)23-15-22(25)20-13-10-18(28-2)14-21(20)24(23)17-6-4-3-5-7-17/h3-15,25H,1-2H3. The van der Waals surface area contributed by atoms with Gasteiger partial charge in [-0.2, -0.15) is 0 Å². The molecule has 0 radical (unpaired) electrons. The van der Waals surface area contributed by atoms with Crippen LogP contribution in [0.5, 0.6) is 11.5 Å². The number of fused-ring (bicyclic) bond motifs is 1. The number of hydrogen-bond donors (Lipinski definition) is 1. The number of benzene rings is 4. The number of hydrogen-bond acceptors (Lipinski definition) is 4. The molecule has 0 saturated carbocycles. The zero-order valence-corrected chi connectivity index (χ0v) is 16.9. The second kappa shape index (κ2) is 7.26. The van der Waals surface area contributed by atoms with E-state index in [0.29, 0.717) is 22.1 Å². The maximum atomic E-state index is 13.5. The Morgan fingerprint density at radius 2 is 1.52 bits per heavy atom. The van der Waals surface area contributed by atoms with E-state index in [0.717, 1.165) is 11.1 Å². The van der Waals surface area contributed by atoms with Gasteiger partial charge in [0, 0.05) is 17.0 Å². The van der Waals surface area contributed by atoms with Gasteiger partial charge < -0.3 is 9.84 Å². The van der Waals surface area contributed by atoms with Gasteiger partial charge in [0.1, 0.15) is 11.5 Å². The van der Waals surface area contributed by atoms with E-state index in [1.54, 1.807) is 49.6 Å². The van der Waals surface area contributed by atoms with Crippen LogP contribution in [-0.4, -0.2) is 20.6 Å². The molecule has 5 heteroatoms. The Morgan fingerprint density at radius 1 is 0.828 bits per heavy atom. The summed E-state index contributed by atoms with van der Waals surface area (Å²) in [6.07, 6.45) is 0. The lowest BCUT2D eigenvalue weighted by Crippen LogP contribution is -2.05. The van der Waals surface area contributed by atoms with E-state index >= 15 is 0 Å². The van der Waals surface area contributed by atoms with Gasteiger partial charge in [-0.3, -0.25) is 0 Å². The summed E-state index contributed by atoms with van der Waals surface area (Å²) in [5.41, 5.74) is 2.26. The third-order valence-corrected chi connectivity index (χ3v) is 6.76. The molecular formula is C24H20O4S. The van der Waals surface area contributed by atoms with E-state index in [9.17, 15) is 13.5 Å². The monoisotopic (exact) mass is 404 g/mol. The highest BCUT2D eigenvalue weighted by atomic mass is 32.2. The molecule has 4 aromatic carbocycles. The first-order valence-corrected chi connectivity index (χ1v) is 10.6. The fourth-order valence-corrected chi connectivity index (χ4v) is 4.96. The molecule has 4 nitrogen and oxygen atoms in total. The minimum Gasteiger partial charge on any atom is -0.507 e. The van der Waals surface area contributed by atoms with E-state index in [-0.39, 0.29) is 15.5 Å². The molecule has 1 N–H and O–H groups in total. The molecule has 29 heavy (non-hydrogen) atoms. The molecule has 0 aromatic heterocycles. The van der Waals surface area contributed by atoms with Gasteiger partial charge in [-0.15, -0.1) is 0 Å². The molecule has 0 aliphatic rings. The Hall–Kier alpha value is -3.31. The highest BCUT2D eigenvalue weighted by Gasteiger charge is 2.25. The Kier molecular flexibility index (Phi) is 4.76. The minimum atomic E-state index is -3.87. The van der Waals surface area contributed by atoms with Gasteiger partial charge in [-0.05, 0) is 48.2 Å². The molecule has 0 spiro atoms. The summed E-state index contributed by atoms with van der Waals surface area (Å²) in [4.78, 5) is 0.243. The van der Waals surface area contributed by atoms with Crippen molar-refractivity contribution >= 4 is 20.6 Å². The molecule has 4 aromatic rings. The number of phenolic OH excluding ortho intramolecular Hbond substituents is 1. The maximum Gasteiger partial charge on any atom is 0.207 e. The second-order valence-corrected chi connectivity index (χ2v) is 8.78. The lowest BCUT2D eigenvalue weighted by molar-refractivity contribution is 0.415. The molecule has 146 valence electrons. The Morgan fingerprint density at radius 3 is 2.17 bits per heavy atom. The summed E-state index contributed by atoms with van der Waals surface area (Å²) in [5.74, 6) is 0.493. The molecule has 0 saturated heterocycles. The lowest BCUT2D eigenvalue weighted by Gasteiger charge is -2.16. The van der Waals surface area contributed by atoms with Crippen molar-refractivity contribution in [3.05, 3.63) is 84.4 Å². The number of sulfone groups is 1. The summed E-state index contributed by atoms with van der Waals surface area (Å²) < 4.78 is 32.4. The summed E-state index contributed by atoms with van der Waals surface area (Å²) >= 11 is 0. The molecule has 0 aliphatic heterocycles. The van der Waals surface area contributed by atoms with Gasteiger partial charge in [-0.25, -0.2) is 8.42 Å². The van der Waals surface area contributed by atoms with Crippen LogP contribution in [0.3, 0.4) is 0 Å². The quantitative estimate of drug-likeness (QED) is 0.497. The topological polar surface area (TPSA) is 63.6 Å². The number of methoxy groups -OCH3 is 1. The molecule has 0 atom stereocenters. The van der Waals surface area contributed by atoms with Crippen molar-refractivity contribution in [1.82, 2.24) is 0 Å². The number of aryl methyl sites for hydroxylation is 1. The first-order valence-electron chi connectivity index (χ1n) is 9.12. The molecule has 0 amide bonds. The van der Waals surface area contributed by atoms with Gasteiger partial charge in [0.15, 0.2) is 0 Å². The predicted molar refractivity (Wildman–Crippen MR) is 114 cm³/mol. The molecule has 4 rings (SSSR count). The summed E-state index contributed by atoms with van der Waals surface area (Å²) in [5, 5.41) is 11.8. The summed E-state index contributed by atoms with van der Waals surface area (Å²) in [6.45, 7) is 1.90. The number of aromatic hydroxyl groups is 1. The van der Waals surface area contributed by atoms with Gasteiger partial charge in [-0.1, -0.05) is 48.0 Å². The van der Waals surface area contributed by atoms with Crippen LogP contribution in [0.2, 0.25) is 0 Å². The Labute approximate surface area is 169 Å². The fraction of sp³-hybridized carbons (Fsp3) is 0.0833. The van der Waals surface area contributed by atoms with Crippen molar-refractivity contribution in [1.29, 1.82) is 0 Å². The van der Waals surface area contributed by atoms with Crippen molar-refractivity contribution in [3.63, 3.8) is 0 Å². The Balaban J connectivity index is 2.12. The summed E-state index contributed by atoms with van der Waals surface area (Å²) in [6, 6.07) is 22.6. The molecule has 0 bridgehead atoms. The fourth-order valence-electron chi connectivity index (χ4n) is 3.45. The third kappa shape index (κ3) is 3.34. The zero-order valence-electron chi connectivity index (χ0n) is 16.1. The van der Waals surface area contributed by atoms with Gasteiger partial charge in [0.25, 0.3) is 0 Å². The second-order valence-electron chi connectivity index (χ2n) is 6.86. The largest absolute Gasteiger partial charge is 0.507 e. The average Bonchev–Trinajstić information content (AvgIpc) is 2.74. The molecule has 0 unspecified atom stereocenters. The van der Waals surface area contributed by atoms with Crippen LogP contribution < -0.4 is 4.74 Å². The van der Waals surface area contributed by atoms with Crippen LogP contribution in [0.4, 0.5) is 0 Å².